The van der Waals surface area contributed by atoms with Crippen LogP contribution in [0.3, 0.4) is 0 Å². The molecule has 4 aliphatic heterocycles. The number of rotatable bonds is 3. The maximum atomic E-state index is 14.3. The normalized spacial score (nSPS) is 25.4. The molecule has 1 spiro atoms. The fraction of sp³-hybridized carbons (Fsp3) is 0.417. The highest BCUT2D eigenvalue weighted by Gasteiger charge is 2.63. The van der Waals surface area contributed by atoms with Crippen LogP contribution in [-0.4, -0.2) is 55.7 Å². The van der Waals surface area contributed by atoms with Gasteiger partial charge in [-0.1, -0.05) is 40.5 Å². The van der Waals surface area contributed by atoms with E-state index in [1.165, 1.54) is 0 Å². The molecule has 2 saturated heterocycles. The summed E-state index contributed by atoms with van der Waals surface area (Å²) >= 11 is 11.5. The summed E-state index contributed by atoms with van der Waals surface area (Å²) < 4.78 is 85.6. The fourth-order valence-corrected chi connectivity index (χ4v) is 7.33. The van der Waals surface area contributed by atoms with Gasteiger partial charge < -0.3 is 14.5 Å². The Balaban J connectivity index is 1.22. The summed E-state index contributed by atoms with van der Waals surface area (Å²) in [6, 6.07) is 6.67. The molecular formula is C24H18Cl2F4N2O5S. The molecule has 38 heavy (non-hydrogen) atoms. The summed E-state index contributed by atoms with van der Waals surface area (Å²) in [5.41, 5.74) is -2.14. The molecule has 1 atom stereocenters. The first-order valence-electron chi connectivity index (χ1n) is 11.5. The van der Waals surface area contributed by atoms with Gasteiger partial charge in [0.05, 0.1) is 52.9 Å². The van der Waals surface area contributed by atoms with Gasteiger partial charge in [0.25, 0.3) is 5.60 Å². The van der Waals surface area contributed by atoms with Crippen LogP contribution in [0.5, 0.6) is 0 Å². The number of fused-ring (bicyclic) bond motifs is 2. The number of sulfone groups is 1. The lowest BCUT2D eigenvalue weighted by Crippen LogP contribution is -2.64. The highest BCUT2D eigenvalue weighted by Crippen LogP contribution is 2.51. The molecule has 2 fully saturated rings. The van der Waals surface area contributed by atoms with Crippen molar-refractivity contribution < 1.29 is 40.3 Å². The van der Waals surface area contributed by atoms with Crippen molar-refractivity contribution >= 4 is 44.7 Å². The SMILES string of the molecule is O=C(C1CS(=O)(=O)C1)N1CC2(C1)OCc1cc(C3=NO[C@](c4cc(Cl)c(F)c(Cl)c4)(C(F)(F)F)C3)ccc12. The molecule has 1 amide bonds. The summed E-state index contributed by atoms with van der Waals surface area (Å²) in [6.07, 6.45) is -5.61. The van der Waals surface area contributed by atoms with Gasteiger partial charge in [-0.2, -0.15) is 13.2 Å². The lowest BCUT2D eigenvalue weighted by Gasteiger charge is -2.49. The van der Waals surface area contributed by atoms with E-state index in [0.29, 0.717) is 5.56 Å². The van der Waals surface area contributed by atoms with Gasteiger partial charge in [-0.3, -0.25) is 4.79 Å². The van der Waals surface area contributed by atoms with E-state index in [2.05, 4.69) is 5.16 Å². The molecule has 7 nitrogen and oxygen atoms in total. The molecule has 0 bridgehead atoms. The monoisotopic (exact) mass is 592 g/mol. The zero-order chi connectivity index (χ0) is 27.3. The van der Waals surface area contributed by atoms with E-state index in [9.17, 15) is 30.8 Å². The average Bonchev–Trinajstić information content (AvgIpc) is 3.42. The highest BCUT2D eigenvalue weighted by molar-refractivity contribution is 7.92. The van der Waals surface area contributed by atoms with Crippen molar-refractivity contribution in [3.05, 3.63) is 68.4 Å². The third-order valence-electron chi connectivity index (χ3n) is 7.53. The molecule has 0 saturated carbocycles. The Bertz CT molecular complexity index is 1490. The molecule has 0 aromatic heterocycles. The Morgan fingerprint density at radius 3 is 2.37 bits per heavy atom. The van der Waals surface area contributed by atoms with Gasteiger partial charge in [0.15, 0.2) is 15.7 Å². The number of likely N-dealkylation sites (tertiary alicyclic amines) is 1. The van der Waals surface area contributed by atoms with Crippen LogP contribution in [-0.2, 0) is 42.0 Å². The zero-order valence-electron chi connectivity index (χ0n) is 19.3. The quantitative estimate of drug-likeness (QED) is 0.391. The Hall–Kier alpha value is -2.41. The van der Waals surface area contributed by atoms with E-state index in [1.807, 2.05) is 0 Å². The largest absolute Gasteiger partial charge is 0.435 e. The second-order valence-corrected chi connectivity index (χ2v) is 13.0. The number of hydrogen-bond donors (Lipinski definition) is 0. The van der Waals surface area contributed by atoms with Crippen LogP contribution in [0.15, 0.2) is 35.5 Å². The minimum atomic E-state index is -4.92. The molecule has 6 rings (SSSR count). The first-order chi connectivity index (χ1) is 17.7. The third kappa shape index (κ3) is 3.82. The van der Waals surface area contributed by atoms with Crippen molar-refractivity contribution in [1.82, 2.24) is 4.90 Å². The smallest absolute Gasteiger partial charge is 0.374 e. The van der Waals surface area contributed by atoms with Crippen LogP contribution in [0.2, 0.25) is 10.0 Å². The Kier molecular flexibility index (Phi) is 5.64. The van der Waals surface area contributed by atoms with Gasteiger partial charge in [-0.15, -0.1) is 0 Å². The third-order valence-corrected chi connectivity index (χ3v) is 9.90. The second-order valence-electron chi connectivity index (χ2n) is 10.0. The van der Waals surface area contributed by atoms with E-state index in [0.717, 1.165) is 23.3 Å². The number of amides is 1. The highest BCUT2D eigenvalue weighted by atomic mass is 35.5. The minimum absolute atomic E-state index is 0.0271. The molecule has 202 valence electrons. The molecule has 4 heterocycles. The summed E-state index contributed by atoms with van der Waals surface area (Å²) in [5, 5.41) is 2.60. The standard InChI is InChI=1S/C24H18Cl2F4N2O5S/c25-17-4-15(5-18(26)20(17)27)23(24(28,29)30)6-19(31-37-23)12-1-2-16-13(3-12)7-36-22(16)10-32(11-22)21(33)14-8-38(34,35)9-14/h1-5,14H,6-11H2/t23-/m1/s1. The van der Waals surface area contributed by atoms with Crippen molar-refractivity contribution in [3.63, 3.8) is 0 Å². The van der Waals surface area contributed by atoms with Crippen molar-refractivity contribution in [3.8, 4) is 0 Å². The fourth-order valence-electron chi connectivity index (χ4n) is 5.43. The van der Waals surface area contributed by atoms with Crippen LogP contribution in [0.25, 0.3) is 0 Å². The number of benzene rings is 2. The number of carbonyl (C=O) groups excluding carboxylic acids is 1. The van der Waals surface area contributed by atoms with Crippen LogP contribution in [0.1, 0.15) is 28.7 Å². The number of ether oxygens (including phenoxy) is 1. The van der Waals surface area contributed by atoms with E-state index in [4.69, 9.17) is 32.8 Å². The first kappa shape index (κ1) is 25.8. The van der Waals surface area contributed by atoms with Crippen LogP contribution < -0.4 is 0 Å². The number of hydrogen-bond acceptors (Lipinski definition) is 6. The Morgan fingerprint density at radius 1 is 1.11 bits per heavy atom. The van der Waals surface area contributed by atoms with Crippen molar-refractivity contribution in [2.24, 2.45) is 11.1 Å². The van der Waals surface area contributed by atoms with Crippen molar-refractivity contribution in [2.45, 2.75) is 30.4 Å². The number of nitrogens with zero attached hydrogens (tertiary/aromatic N) is 2. The maximum Gasteiger partial charge on any atom is 0.435 e. The lowest BCUT2D eigenvalue weighted by atomic mass is 9.82. The molecular weight excluding hydrogens is 575 g/mol. The van der Waals surface area contributed by atoms with E-state index >= 15 is 0 Å². The van der Waals surface area contributed by atoms with E-state index in [1.54, 1.807) is 23.1 Å². The van der Waals surface area contributed by atoms with Gasteiger partial charge in [0.1, 0.15) is 5.60 Å². The summed E-state index contributed by atoms with van der Waals surface area (Å²) in [6.45, 7) is 0.717. The van der Waals surface area contributed by atoms with Crippen LogP contribution >= 0.6 is 23.2 Å². The summed E-state index contributed by atoms with van der Waals surface area (Å²) in [5.74, 6) is -2.07. The van der Waals surface area contributed by atoms with Crippen molar-refractivity contribution in [2.75, 3.05) is 24.6 Å². The Morgan fingerprint density at radius 2 is 1.76 bits per heavy atom. The first-order valence-corrected chi connectivity index (χ1v) is 14.1. The average molecular weight is 593 g/mol. The van der Waals surface area contributed by atoms with Gasteiger partial charge in [0, 0.05) is 12.0 Å². The Labute approximate surface area is 224 Å². The topological polar surface area (TPSA) is 85.3 Å². The summed E-state index contributed by atoms with van der Waals surface area (Å²) in [7, 11) is -3.12. The minimum Gasteiger partial charge on any atom is -0.374 e. The van der Waals surface area contributed by atoms with Gasteiger partial charge in [-0.25, -0.2) is 12.8 Å². The second kappa shape index (κ2) is 8.30. The van der Waals surface area contributed by atoms with Crippen LogP contribution in [0, 0.1) is 11.7 Å². The lowest BCUT2D eigenvalue weighted by molar-refractivity contribution is -0.275. The molecule has 2 aromatic carbocycles. The zero-order valence-corrected chi connectivity index (χ0v) is 21.6. The van der Waals surface area contributed by atoms with Gasteiger partial charge in [0.2, 0.25) is 5.91 Å². The predicted molar refractivity (Wildman–Crippen MR) is 128 cm³/mol. The molecule has 0 N–H and O–H groups in total. The number of alkyl halides is 3. The number of carbonyl (C=O) groups is 1. The molecule has 0 aliphatic carbocycles. The maximum absolute atomic E-state index is 14.3. The molecule has 4 aliphatic rings. The molecule has 14 heteroatoms. The van der Waals surface area contributed by atoms with Gasteiger partial charge in [-0.05, 0) is 34.9 Å². The van der Waals surface area contributed by atoms with Crippen molar-refractivity contribution in [1.29, 1.82) is 0 Å². The van der Waals surface area contributed by atoms with Gasteiger partial charge >= 0.3 is 6.18 Å². The molecule has 0 radical (unpaired) electrons. The van der Waals surface area contributed by atoms with E-state index < -0.39 is 61.0 Å². The molecule has 2 aromatic rings. The molecule has 0 unspecified atom stereocenters. The van der Waals surface area contributed by atoms with Crippen LogP contribution in [0.4, 0.5) is 17.6 Å². The summed E-state index contributed by atoms with van der Waals surface area (Å²) in [4.78, 5) is 19.1. The number of halogens is 6. The van der Waals surface area contributed by atoms with E-state index in [-0.39, 0.29) is 42.8 Å². The number of oxime groups is 1. The predicted octanol–water partition coefficient (Wildman–Crippen LogP) is 4.33.